The molecule has 0 unspecified atom stereocenters. The second-order valence-corrected chi connectivity index (χ2v) is 13.0. The number of methoxy groups -OCH3 is 1. The first-order valence-electron chi connectivity index (χ1n) is 15.1. The molecule has 0 N–H and O–H groups in total. The van der Waals surface area contributed by atoms with Crippen LogP contribution in [0.25, 0.3) is 16.7 Å². The van der Waals surface area contributed by atoms with Crippen LogP contribution in [0, 0.1) is 11.2 Å². The monoisotopic (exact) mass is 703 g/mol. The van der Waals surface area contributed by atoms with E-state index in [0.29, 0.717) is 42.5 Å². The van der Waals surface area contributed by atoms with Crippen LogP contribution in [0.1, 0.15) is 74.0 Å². The van der Waals surface area contributed by atoms with Crippen LogP contribution in [0.3, 0.4) is 0 Å². The standard InChI is InChI=1S/C35H31F10NO3/c1-18-30(19-11-21(33(37,38)39)13-22(12-19)34(40,41)42)49-31(47)46(18)17-20-16-32(2,3)10-9-23(20)26-14-25(24-7-5-6-8-28(24)36)27(35(43,44)45)15-29(26)48-4/h5-8,11-15,18,30H,9-10,16-17H2,1-4H3/t18-,30-/m0/s1. The van der Waals surface area contributed by atoms with Crippen molar-refractivity contribution >= 4 is 11.7 Å². The number of cyclic esters (lactones) is 1. The highest BCUT2D eigenvalue weighted by Crippen LogP contribution is 2.49. The molecule has 0 bridgehead atoms. The van der Waals surface area contributed by atoms with Gasteiger partial charge in [0, 0.05) is 17.7 Å². The molecule has 49 heavy (non-hydrogen) atoms. The summed E-state index contributed by atoms with van der Waals surface area (Å²) >= 11 is 0. The molecule has 0 aromatic heterocycles. The molecule has 1 fully saturated rings. The van der Waals surface area contributed by atoms with Gasteiger partial charge >= 0.3 is 24.6 Å². The fourth-order valence-corrected chi connectivity index (χ4v) is 6.52. The van der Waals surface area contributed by atoms with Gasteiger partial charge in [-0.3, -0.25) is 4.90 Å². The van der Waals surface area contributed by atoms with Crippen LogP contribution in [0.4, 0.5) is 48.7 Å². The van der Waals surface area contributed by atoms with E-state index in [4.69, 9.17) is 9.47 Å². The minimum Gasteiger partial charge on any atom is -0.496 e. The number of ether oxygens (including phenoxy) is 2. The summed E-state index contributed by atoms with van der Waals surface area (Å²) in [4.78, 5) is 14.4. The minimum atomic E-state index is -5.11. The lowest BCUT2D eigenvalue weighted by Crippen LogP contribution is -2.35. The Morgan fingerprint density at radius 3 is 2.02 bits per heavy atom. The molecule has 264 valence electrons. The molecule has 0 saturated carbocycles. The van der Waals surface area contributed by atoms with Crippen LogP contribution in [-0.4, -0.2) is 30.7 Å². The van der Waals surface area contributed by atoms with Crippen molar-refractivity contribution in [3.63, 3.8) is 0 Å². The van der Waals surface area contributed by atoms with Crippen molar-refractivity contribution in [2.24, 2.45) is 5.41 Å². The van der Waals surface area contributed by atoms with E-state index >= 15 is 0 Å². The fraction of sp³-hybridized carbons (Fsp3) is 0.400. The Hall–Kier alpha value is -4.23. The van der Waals surface area contributed by atoms with Gasteiger partial charge in [0.1, 0.15) is 17.7 Å². The summed E-state index contributed by atoms with van der Waals surface area (Å²) in [5.41, 5.74) is -4.52. The number of hydrogen-bond acceptors (Lipinski definition) is 3. The summed E-state index contributed by atoms with van der Waals surface area (Å²) in [5.74, 6) is -1.04. The van der Waals surface area contributed by atoms with Gasteiger partial charge in [-0.2, -0.15) is 39.5 Å². The number of nitrogens with zero attached hydrogens (tertiary/aromatic N) is 1. The highest BCUT2D eigenvalue weighted by atomic mass is 19.4. The summed E-state index contributed by atoms with van der Waals surface area (Å²) in [6.45, 7) is 5.11. The van der Waals surface area contributed by atoms with E-state index in [2.05, 4.69) is 0 Å². The number of halogens is 10. The third kappa shape index (κ3) is 7.37. The van der Waals surface area contributed by atoms with E-state index < -0.39 is 70.4 Å². The second-order valence-electron chi connectivity index (χ2n) is 13.0. The molecule has 1 heterocycles. The van der Waals surface area contributed by atoms with Gasteiger partial charge < -0.3 is 9.47 Å². The molecule has 1 aliphatic carbocycles. The van der Waals surface area contributed by atoms with Crippen LogP contribution < -0.4 is 4.74 Å². The molecule has 1 amide bonds. The molecule has 1 saturated heterocycles. The van der Waals surface area contributed by atoms with Gasteiger partial charge in [0.15, 0.2) is 0 Å². The van der Waals surface area contributed by atoms with Gasteiger partial charge in [-0.25, -0.2) is 9.18 Å². The highest BCUT2D eigenvalue weighted by molar-refractivity contribution is 5.82. The molecule has 14 heteroatoms. The lowest BCUT2D eigenvalue weighted by atomic mass is 9.72. The molecule has 5 rings (SSSR count). The van der Waals surface area contributed by atoms with Gasteiger partial charge in [-0.15, -0.1) is 0 Å². The summed E-state index contributed by atoms with van der Waals surface area (Å²) in [6.07, 6.45) is -16.4. The zero-order valence-electron chi connectivity index (χ0n) is 26.6. The third-order valence-electron chi connectivity index (χ3n) is 9.00. The molecule has 2 atom stereocenters. The largest absolute Gasteiger partial charge is 0.496 e. The van der Waals surface area contributed by atoms with Gasteiger partial charge in [0.25, 0.3) is 0 Å². The molecule has 0 radical (unpaired) electrons. The molecule has 1 aliphatic heterocycles. The zero-order chi connectivity index (χ0) is 36.3. The van der Waals surface area contributed by atoms with Crippen LogP contribution in [0.15, 0.2) is 60.2 Å². The normalized spacial score (nSPS) is 20.1. The molecule has 4 nitrogen and oxygen atoms in total. The first-order valence-corrected chi connectivity index (χ1v) is 15.1. The van der Waals surface area contributed by atoms with Crippen molar-refractivity contribution in [1.82, 2.24) is 4.90 Å². The van der Waals surface area contributed by atoms with Crippen molar-refractivity contribution in [2.45, 2.75) is 70.7 Å². The molecule has 2 aliphatic rings. The molecular weight excluding hydrogens is 672 g/mol. The van der Waals surface area contributed by atoms with Crippen LogP contribution in [0.2, 0.25) is 0 Å². The highest BCUT2D eigenvalue weighted by Gasteiger charge is 2.44. The lowest BCUT2D eigenvalue weighted by Gasteiger charge is -2.36. The van der Waals surface area contributed by atoms with E-state index in [1.165, 1.54) is 43.2 Å². The minimum absolute atomic E-state index is 0.0169. The topological polar surface area (TPSA) is 38.8 Å². The smallest absolute Gasteiger partial charge is 0.417 e. The number of carbonyl (C=O) groups is 1. The Kier molecular flexibility index (Phi) is 9.26. The average molecular weight is 704 g/mol. The first-order chi connectivity index (χ1) is 22.6. The van der Waals surface area contributed by atoms with E-state index in [-0.39, 0.29) is 34.9 Å². The molecular formula is C35H31F10NO3. The second kappa shape index (κ2) is 12.6. The molecule has 0 spiro atoms. The van der Waals surface area contributed by atoms with Crippen molar-refractivity contribution in [3.8, 4) is 16.9 Å². The lowest BCUT2D eigenvalue weighted by molar-refractivity contribution is -0.143. The molecule has 3 aromatic carbocycles. The number of benzene rings is 3. The Bertz CT molecular complexity index is 1760. The number of carbonyl (C=O) groups excluding carboxylic acids is 1. The van der Waals surface area contributed by atoms with Gasteiger partial charge in [0.05, 0.1) is 29.8 Å². The number of amides is 1. The van der Waals surface area contributed by atoms with Gasteiger partial charge in [0.2, 0.25) is 0 Å². The number of allylic oxidation sites excluding steroid dienone is 1. The Balaban J connectivity index is 1.61. The van der Waals surface area contributed by atoms with E-state index in [9.17, 15) is 48.7 Å². The summed E-state index contributed by atoms with van der Waals surface area (Å²) in [7, 11) is 1.18. The summed E-state index contributed by atoms with van der Waals surface area (Å²) < 4.78 is 150. The molecule has 3 aromatic rings. The van der Waals surface area contributed by atoms with Gasteiger partial charge in [-0.05, 0) is 90.3 Å². The SMILES string of the molecule is COc1cc(C(F)(F)F)c(-c2ccccc2F)cc1C1=C(CN2C(=O)O[C@H](c3cc(C(F)(F)F)cc(C(F)(F)F)c3)[C@@H]2C)CC(C)(C)CC1. The summed E-state index contributed by atoms with van der Waals surface area (Å²) in [5, 5.41) is 0. The van der Waals surface area contributed by atoms with E-state index in [1.807, 2.05) is 13.8 Å². The fourth-order valence-electron chi connectivity index (χ4n) is 6.52. The quantitative estimate of drug-likeness (QED) is 0.240. The van der Waals surface area contributed by atoms with Crippen molar-refractivity contribution in [3.05, 3.63) is 93.8 Å². The maximum Gasteiger partial charge on any atom is 0.417 e. The van der Waals surface area contributed by atoms with Crippen molar-refractivity contribution < 1.29 is 58.2 Å². The average Bonchev–Trinajstić information content (AvgIpc) is 3.27. The van der Waals surface area contributed by atoms with E-state index in [1.54, 1.807) is 0 Å². The van der Waals surface area contributed by atoms with E-state index in [0.717, 1.165) is 12.1 Å². The summed E-state index contributed by atoms with van der Waals surface area (Å²) in [6, 6.07) is 6.94. The van der Waals surface area contributed by atoms with Crippen LogP contribution in [0.5, 0.6) is 5.75 Å². The predicted molar refractivity (Wildman–Crippen MR) is 160 cm³/mol. The number of rotatable bonds is 6. The zero-order valence-corrected chi connectivity index (χ0v) is 26.6. The third-order valence-corrected chi connectivity index (χ3v) is 9.00. The number of hydrogen-bond donors (Lipinski definition) is 0. The number of alkyl halides is 9. The Morgan fingerprint density at radius 1 is 0.857 bits per heavy atom. The predicted octanol–water partition coefficient (Wildman–Crippen LogP) is 11.1. The maximum absolute atomic E-state index is 14.9. The maximum atomic E-state index is 14.9. The van der Waals surface area contributed by atoms with Gasteiger partial charge in [-0.1, -0.05) is 32.0 Å². The van der Waals surface area contributed by atoms with Crippen LogP contribution in [-0.2, 0) is 23.3 Å². The van der Waals surface area contributed by atoms with Crippen molar-refractivity contribution in [1.29, 1.82) is 0 Å². The Morgan fingerprint density at radius 2 is 1.47 bits per heavy atom. The Labute approximate surface area is 275 Å². The van der Waals surface area contributed by atoms with Crippen LogP contribution >= 0.6 is 0 Å². The first kappa shape index (κ1) is 36.1. The van der Waals surface area contributed by atoms with Crippen molar-refractivity contribution in [2.75, 3.05) is 13.7 Å².